The molecule has 4 N–H and O–H groups in total. The van der Waals surface area contributed by atoms with Crippen molar-refractivity contribution in [2.75, 3.05) is 127 Å². The second kappa shape index (κ2) is 34.7. The second-order valence-electron chi connectivity index (χ2n) is 25.8. The molecule has 0 aliphatic heterocycles. The highest BCUT2D eigenvalue weighted by Gasteiger charge is 2.33. The van der Waals surface area contributed by atoms with Crippen LogP contribution in [0.5, 0.6) is 0 Å². The summed E-state index contributed by atoms with van der Waals surface area (Å²) in [5, 5.41) is 12.6. The fraction of sp³-hybridized carbons (Fsp3) is 0.750. The number of rotatable bonds is 32. The first-order valence-corrected chi connectivity index (χ1v) is 30.3. The van der Waals surface area contributed by atoms with Gasteiger partial charge in [-0.05, 0) is 165 Å². The van der Waals surface area contributed by atoms with Crippen molar-refractivity contribution in [1.82, 2.24) is 19.6 Å². The zero-order valence-electron chi connectivity index (χ0n) is 54.0. The van der Waals surface area contributed by atoms with E-state index in [-0.39, 0.29) is 65.1 Å². The third-order valence-electron chi connectivity index (χ3n) is 14.6. The van der Waals surface area contributed by atoms with Gasteiger partial charge in [-0.25, -0.2) is 0 Å². The van der Waals surface area contributed by atoms with Crippen molar-refractivity contribution in [3.05, 3.63) is 104 Å². The minimum absolute atomic E-state index is 0.254. The summed E-state index contributed by atoms with van der Waals surface area (Å²) in [5.41, 5.74) is 1.13. The molecule has 4 aromatic carbocycles. The predicted octanol–water partition coefficient (Wildman–Crippen LogP) is 8.46. The highest BCUT2D eigenvalue weighted by atomic mass is 16.2. The largest absolute Gasteiger partial charge is 0.381 e. The molecule has 16 heteroatoms. The van der Waals surface area contributed by atoms with Gasteiger partial charge in [-0.2, -0.15) is 0 Å². The van der Waals surface area contributed by atoms with Crippen LogP contribution in [0.25, 0.3) is 0 Å². The maximum Gasteiger partial charge on any atom is 0.249 e. The molecular weight excluding hydrogens is 1010 g/mol. The normalized spacial score (nSPS) is 12.3. The molecule has 0 aliphatic rings. The van der Waals surface area contributed by atoms with Crippen LogP contribution >= 0.6 is 0 Å². The van der Waals surface area contributed by atoms with Gasteiger partial charge < -0.3 is 40.9 Å². The second-order valence-corrected chi connectivity index (χ2v) is 25.8. The summed E-state index contributed by atoms with van der Waals surface area (Å²) in [4.78, 5) is 102. The summed E-state index contributed by atoms with van der Waals surface area (Å²) in [5.74, 6) is 0. The summed E-state index contributed by atoms with van der Waals surface area (Å²) >= 11 is 0. The molecule has 4 rings (SSSR count). The molecule has 0 saturated carbocycles. The molecule has 0 unspecified atom stereocenters. The molecule has 0 heterocycles. The van der Waals surface area contributed by atoms with Crippen LogP contribution in [-0.2, 0) is 21.7 Å². The van der Waals surface area contributed by atoms with Crippen molar-refractivity contribution in [1.29, 1.82) is 0 Å². The standard InChI is InChI=1S/C17H30N2O2.2C16H28N2O2.C15H26N2O2/c1-6-11-19(7-2)12-9-8-10-18-14-13(17(3,4)5)15(20)16(14)21;1-6-10-18(5)11-8-7-9-17-13-12(16(2,3)4)14(19)15(13)20;1-6-18(7-2)11-9-8-10-17-13-12(16(3,4)5)14(19)15(13)20;1-6-17(5)10-8-7-9-16-12-11(15(2,3)4)13(18)14(12)19/h18H,6-12H2,1-5H3;2*17H,6-11H2,1-5H3;16H,6-10H2,1-5H3. The van der Waals surface area contributed by atoms with Gasteiger partial charge >= 0.3 is 0 Å². The molecule has 0 radical (unpaired) electrons. The summed E-state index contributed by atoms with van der Waals surface area (Å²) in [6.45, 7) is 50.6. The third kappa shape index (κ3) is 23.0. The van der Waals surface area contributed by atoms with Gasteiger partial charge in [0.1, 0.15) is 0 Å². The smallest absolute Gasteiger partial charge is 0.249 e. The summed E-state index contributed by atoms with van der Waals surface area (Å²) < 4.78 is 0. The molecule has 0 amide bonds. The molecule has 0 bridgehead atoms. The van der Waals surface area contributed by atoms with Crippen molar-refractivity contribution in [3.8, 4) is 0 Å². The van der Waals surface area contributed by atoms with E-state index >= 15 is 0 Å². The van der Waals surface area contributed by atoms with Crippen molar-refractivity contribution in [3.63, 3.8) is 0 Å². The Morgan fingerprint density at radius 1 is 0.287 bits per heavy atom. The lowest BCUT2D eigenvalue weighted by Crippen LogP contribution is -2.43. The van der Waals surface area contributed by atoms with Gasteiger partial charge in [-0.1, -0.05) is 125 Å². The zero-order valence-corrected chi connectivity index (χ0v) is 54.0. The van der Waals surface area contributed by atoms with E-state index in [0.29, 0.717) is 45.0 Å². The number of hydrogen-bond donors (Lipinski definition) is 4. The molecular formula is C64H112N8O8. The Kier molecular flexibility index (Phi) is 31.8. The van der Waals surface area contributed by atoms with Gasteiger partial charge in [-0.15, -0.1) is 0 Å². The van der Waals surface area contributed by atoms with Crippen LogP contribution in [0.4, 0.5) is 22.7 Å². The van der Waals surface area contributed by atoms with E-state index < -0.39 is 0 Å². The SMILES string of the molecule is CCCN(C)CCCCNc1c(C(C)(C)C)c(=O)c1=O.CCCN(CC)CCCCNc1c(C(C)(C)C)c(=O)c1=O.CCN(C)CCCCNc1c(C(C)(C)C)c(=O)c1=O.CCN(CC)CCCCNc1c(C(C)(C)C)c(=O)c1=O. The Bertz CT molecular complexity index is 2710. The van der Waals surface area contributed by atoms with E-state index in [4.69, 9.17) is 0 Å². The highest BCUT2D eigenvalue weighted by Crippen LogP contribution is 2.28. The average molecular weight is 1120 g/mol. The maximum atomic E-state index is 11.7. The molecule has 0 fully saturated rings. The fourth-order valence-electron chi connectivity index (χ4n) is 9.83. The Morgan fingerprint density at radius 2 is 0.537 bits per heavy atom. The molecule has 0 aliphatic carbocycles. The summed E-state index contributed by atoms with van der Waals surface area (Å²) in [6.07, 6.45) is 10.8. The van der Waals surface area contributed by atoms with E-state index in [9.17, 15) is 38.4 Å². The lowest BCUT2D eigenvalue weighted by Gasteiger charge is -2.24. The predicted molar refractivity (Wildman–Crippen MR) is 342 cm³/mol. The number of hydrogen-bond acceptors (Lipinski definition) is 16. The van der Waals surface area contributed by atoms with Crippen LogP contribution in [0.1, 0.15) is 211 Å². The number of anilines is 4. The van der Waals surface area contributed by atoms with Crippen LogP contribution in [0, 0.1) is 0 Å². The summed E-state index contributed by atoms with van der Waals surface area (Å²) in [7, 11) is 4.23. The molecule has 0 spiro atoms. The zero-order chi connectivity index (χ0) is 61.3. The minimum atomic E-state index is -0.351. The molecule has 4 aromatic rings. The van der Waals surface area contributed by atoms with Crippen LogP contribution in [0.15, 0.2) is 38.4 Å². The molecule has 16 nitrogen and oxygen atoms in total. The van der Waals surface area contributed by atoms with Gasteiger partial charge in [0.25, 0.3) is 0 Å². The Morgan fingerprint density at radius 3 is 0.775 bits per heavy atom. The first kappa shape index (κ1) is 73.4. The number of nitrogens with zero attached hydrogens (tertiary/aromatic N) is 4. The minimum Gasteiger partial charge on any atom is -0.381 e. The van der Waals surface area contributed by atoms with E-state index in [1.54, 1.807) is 0 Å². The lowest BCUT2D eigenvalue weighted by molar-refractivity contribution is 0.283. The number of nitrogens with one attached hydrogen (secondary N) is 4. The van der Waals surface area contributed by atoms with Crippen molar-refractivity contribution < 1.29 is 0 Å². The van der Waals surface area contributed by atoms with Crippen LogP contribution in [0.3, 0.4) is 0 Å². The van der Waals surface area contributed by atoms with E-state index in [1.807, 2.05) is 83.1 Å². The van der Waals surface area contributed by atoms with Gasteiger partial charge in [0, 0.05) is 48.4 Å². The first-order chi connectivity index (χ1) is 37.2. The van der Waals surface area contributed by atoms with Gasteiger partial charge in [0.2, 0.25) is 43.4 Å². The Labute approximate surface area is 482 Å². The molecule has 0 saturated heterocycles. The van der Waals surface area contributed by atoms with Gasteiger partial charge in [0.05, 0.1) is 22.7 Å². The molecule has 456 valence electrons. The van der Waals surface area contributed by atoms with Gasteiger partial charge in [0.15, 0.2) is 0 Å². The average Bonchev–Trinajstić information content (AvgIpc) is 3.37. The van der Waals surface area contributed by atoms with Crippen molar-refractivity contribution in [2.24, 2.45) is 0 Å². The van der Waals surface area contributed by atoms with Crippen molar-refractivity contribution >= 4 is 22.7 Å². The molecule has 0 atom stereocenters. The van der Waals surface area contributed by atoms with E-state index in [0.717, 1.165) is 143 Å². The van der Waals surface area contributed by atoms with Crippen molar-refractivity contribution in [2.45, 2.75) is 210 Å². The molecule has 0 aromatic heterocycles. The third-order valence-corrected chi connectivity index (χ3v) is 14.6. The van der Waals surface area contributed by atoms with Crippen LogP contribution < -0.4 is 64.7 Å². The topological polar surface area (TPSA) is 198 Å². The number of unbranched alkanes of at least 4 members (excludes halogenated alkanes) is 4. The maximum absolute atomic E-state index is 11.7. The quantitative estimate of drug-likeness (QED) is 0.0268. The highest BCUT2D eigenvalue weighted by molar-refractivity contribution is 5.61. The molecule has 80 heavy (non-hydrogen) atoms. The Hall–Kier alpha value is -4.64. The van der Waals surface area contributed by atoms with E-state index in [1.165, 1.54) is 12.8 Å². The summed E-state index contributed by atoms with van der Waals surface area (Å²) in [6, 6.07) is 0. The van der Waals surface area contributed by atoms with E-state index in [2.05, 4.69) is 96.5 Å². The fourth-order valence-corrected chi connectivity index (χ4v) is 9.83. The lowest BCUT2D eigenvalue weighted by atomic mass is 9.82. The Balaban J connectivity index is 0.000000534. The monoisotopic (exact) mass is 1120 g/mol. The van der Waals surface area contributed by atoms with Gasteiger partial charge in [-0.3, -0.25) is 38.4 Å². The van der Waals surface area contributed by atoms with Crippen LogP contribution in [-0.4, -0.2) is 125 Å². The van der Waals surface area contributed by atoms with Crippen LogP contribution in [0.2, 0.25) is 0 Å². The first-order valence-electron chi connectivity index (χ1n) is 30.3.